The maximum absolute atomic E-state index is 14.3. The number of aromatic hydroxyl groups is 1. The van der Waals surface area contributed by atoms with Crippen LogP contribution in [0.25, 0.3) is 0 Å². The molecule has 0 aliphatic carbocycles. The molecule has 0 spiro atoms. The number of nitrogens with zero attached hydrogens (tertiary/aromatic N) is 1. The fraction of sp³-hybridized carbons (Fsp3) is 0.447. The van der Waals surface area contributed by atoms with Crippen molar-refractivity contribution in [3.63, 3.8) is 0 Å². The quantitative estimate of drug-likeness (QED) is 0.0867. The largest absolute Gasteiger partial charge is 0.508 e. The van der Waals surface area contributed by atoms with Crippen molar-refractivity contribution in [3.8, 4) is 11.5 Å². The number of carbonyl (C=O) groups is 6. The summed E-state index contributed by atoms with van der Waals surface area (Å²) in [4.78, 5) is 80.7. The van der Waals surface area contributed by atoms with E-state index < -0.39 is 83.9 Å². The summed E-state index contributed by atoms with van der Waals surface area (Å²) in [6, 6.07) is 11.4. The van der Waals surface area contributed by atoms with Crippen LogP contribution in [0.2, 0.25) is 0 Å². The van der Waals surface area contributed by atoms with Crippen LogP contribution in [0, 0.1) is 17.8 Å². The van der Waals surface area contributed by atoms with Gasteiger partial charge in [-0.15, -0.1) is 0 Å². The van der Waals surface area contributed by atoms with Crippen molar-refractivity contribution in [2.75, 3.05) is 6.54 Å². The fourth-order valence-electron chi connectivity index (χ4n) is 7.07. The van der Waals surface area contributed by atoms with Crippen molar-refractivity contribution in [2.45, 2.75) is 110 Å². The number of allylic oxidation sites excluding steroid dienone is 4. The van der Waals surface area contributed by atoms with Crippen LogP contribution in [0.1, 0.15) is 72.3 Å². The molecule has 1 unspecified atom stereocenters. The smallest absolute Gasteiger partial charge is 0.336 e. The topological polar surface area (TPSA) is 221 Å². The maximum atomic E-state index is 14.3. The molecule has 0 radical (unpaired) electrons. The van der Waals surface area contributed by atoms with Gasteiger partial charge < -0.3 is 40.2 Å². The van der Waals surface area contributed by atoms with Crippen molar-refractivity contribution in [1.82, 2.24) is 21.1 Å². The van der Waals surface area contributed by atoms with E-state index in [4.69, 9.17) is 9.47 Å². The summed E-state index contributed by atoms with van der Waals surface area (Å²) in [5.74, 6) is -5.69. The number of aliphatic hydroxyl groups excluding tert-OH is 2. The van der Waals surface area contributed by atoms with E-state index in [0.717, 1.165) is 0 Å². The molecule has 15 heteroatoms. The minimum atomic E-state index is -1.43. The Bertz CT molecular complexity index is 2000. The van der Waals surface area contributed by atoms with Crippen molar-refractivity contribution < 1.29 is 53.6 Å². The van der Waals surface area contributed by atoms with Crippen molar-refractivity contribution in [3.05, 3.63) is 108 Å². The van der Waals surface area contributed by atoms with E-state index in [2.05, 4.69) is 16.1 Å². The lowest BCUT2D eigenvalue weighted by Gasteiger charge is -2.36. The van der Waals surface area contributed by atoms with Gasteiger partial charge in [-0.2, -0.15) is 0 Å². The molecule has 6 N–H and O–H groups in total. The van der Waals surface area contributed by atoms with Gasteiger partial charge in [0, 0.05) is 37.8 Å². The Morgan fingerprint density at radius 1 is 0.984 bits per heavy atom. The number of hydrazine groups is 1. The van der Waals surface area contributed by atoms with Crippen LogP contribution >= 0.6 is 0 Å². The zero-order valence-electron chi connectivity index (χ0n) is 35.9. The van der Waals surface area contributed by atoms with Gasteiger partial charge in [0.25, 0.3) is 5.91 Å². The van der Waals surface area contributed by atoms with Crippen molar-refractivity contribution >= 4 is 35.4 Å². The van der Waals surface area contributed by atoms with Crippen LogP contribution < -0.4 is 20.8 Å². The third-order valence-corrected chi connectivity index (χ3v) is 10.8. The molecule has 334 valence electrons. The van der Waals surface area contributed by atoms with Gasteiger partial charge in [-0.25, -0.2) is 10.2 Å². The maximum Gasteiger partial charge on any atom is 0.336 e. The number of para-hydroxylation sites is 1. The molecule has 1 fully saturated rings. The molecule has 15 nitrogen and oxygen atoms in total. The number of nitrogens with one attached hydrogen (secondary N) is 3. The number of phenols is 1. The number of hydrogen-bond acceptors (Lipinski definition) is 12. The highest BCUT2D eigenvalue weighted by atomic mass is 16.5. The molecular formula is C47H60N4O11. The van der Waals surface area contributed by atoms with E-state index in [0.29, 0.717) is 29.7 Å². The molecule has 62 heavy (non-hydrogen) atoms. The van der Waals surface area contributed by atoms with E-state index in [1.807, 2.05) is 0 Å². The second kappa shape index (κ2) is 23.9. The molecule has 0 aromatic heterocycles. The number of carbonyl (C=O) groups excluding carboxylic acids is 6. The molecule has 2 bridgehead atoms. The van der Waals surface area contributed by atoms with Gasteiger partial charge in [0.15, 0.2) is 0 Å². The van der Waals surface area contributed by atoms with Crippen LogP contribution in [-0.2, 0) is 39.9 Å². The van der Waals surface area contributed by atoms with Crippen molar-refractivity contribution in [2.24, 2.45) is 17.8 Å². The molecule has 4 rings (SSSR count). The highest BCUT2D eigenvalue weighted by molar-refractivity contribution is 5.93. The summed E-state index contributed by atoms with van der Waals surface area (Å²) in [5, 5.41) is 39.6. The third-order valence-electron chi connectivity index (χ3n) is 10.8. The number of rotatable bonds is 10. The molecule has 8 atom stereocenters. The summed E-state index contributed by atoms with van der Waals surface area (Å²) in [6.45, 7) is 8.26. The number of esters is 2. The molecule has 0 saturated carbocycles. The standard InChI is InChI=1S/C47H60N4O11/c1-29(2)42-45(58)48-38(28-33-16-13-17-34(53)27-33)46(59)51-26-14-20-37(50-51)47(60)62-40(30(3)15-12-23-41(55)61-35-18-8-6-9-19-35)22-11-7-10-21-39(54)32(5)43(56)36(44(57)49-42)25-24-31(4)52/h6-13,15-19,21,23,27,29,32,36-40,42-43,50,53-54,56H,14,20,22,24-26,28H2,1-5H3,(H,48,58)(H,49,57)/b11-7+,21-10+,23-12+,30-15+/t32-,36+,37?,38-,39-,40-,42-,43+/m0/s1. The zero-order valence-corrected chi connectivity index (χ0v) is 35.9. The summed E-state index contributed by atoms with van der Waals surface area (Å²) in [6.07, 6.45) is 7.97. The van der Waals surface area contributed by atoms with Gasteiger partial charge in [0.1, 0.15) is 41.5 Å². The molecule has 2 aliphatic heterocycles. The van der Waals surface area contributed by atoms with Gasteiger partial charge >= 0.3 is 11.9 Å². The van der Waals surface area contributed by atoms with Gasteiger partial charge in [0.2, 0.25) is 11.8 Å². The number of ether oxygens (including phenoxy) is 2. The van der Waals surface area contributed by atoms with Crippen LogP contribution in [0.5, 0.6) is 11.5 Å². The van der Waals surface area contributed by atoms with Gasteiger partial charge in [-0.3, -0.25) is 24.2 Å². The number of Topliss-reactive ketones (excluding diaryl/α,β-unsaturated/α-hetero) is 1. The lowest BCUT2D eigenvalue weighted by Crippen LogP contribution is -2.62. The Balaban J connectivity index is 1.70. The molecule has 3 amide bonds. The monoisotopic (exact) mass is 856 g/mol. The number of aliphatic hydroxyl groups is 2. The Labute approximate surface area is 362 Å². The first-order chi connectivity index (χ1) is 29.5. The molecule has 1 saturated heterocycles. The Hall–Kier alpha value is -5.90. The molecule has 2 aliphatic rings. The SMILES string of the molecule is CC(=O)CC[C@H]1C(=O)N[C@@H](C(C)C)C(=O)N[C@@H](Cc2cccc(O)c2)C(=O)N2CCCC(N2)C(=O)O[C@H](/C(C)=C/C=C/C(=O)Oc2ccccc2)C/C=C/C=C/[C@H](O)[C@H](C)[C@H]1O. The summed E-state index contributed by atoms with van der Waals surface area (Å²) in [5.41, 5.74) is 4.09. The average molecular weight is 857 g/mol. The second-order valence-electron chi connectivity index (χ2n) is 16.1. The predicted molar refractivity (Wildman–Crippen MR) is 231 cm³/mol. The van der Waals surface area contributed by atoms with E-state index in [9.17, 15) is 44.1 Å². The summed E-state index contributed by atoms with van der Waals surface area (Å²) < 4.78 is 11.3. The first kappa shape index (κ1) is 48.8. The number of hydrogen-bond donors (Lipinski definition) is 6. The van der Waals surface area contributed by atoms with Crippen LogP contribution in [0.3, 0.4) is 0 Å². The molecule has 2 aromatic carbocycles. The predicted octanol–water partition coefficient (Wildman–Crippen LogP) is 3.94. The Morgan fingerprint density at radius 2 is 1.73 bits per heavy atom. The highest BCUT2D eigenvalue weighted by Gasteiger charge is 2.38. The van der Waals surface area contributed by atoms with E-state index in [1.54, 1.807) is 94.5 Å². The van der Waals surface area contributed by atoms with Gasteiger partial charge in [0.05, 0.1) is 18.1 Å². The fourth-order valence-corrected chi connectivity index (χ4v) is 7.07. The van der Waals surface area contributed by atoms with Crippen LogP contribution in [0.4, 0.5) is 0 Å². The number of cyclic esters (lactones) is 1. The highest BCUT2D eigenvalue weighted by Crippen LogP contribution is 2.24. The Kier molecular flexibility index (Phi) is 18.8. The molecule has 2 aromatic rings. The van der Waals surface area contributed by atoms with Crippen LogP contribution in [-0.4, -0.2) is 98.8 Å². The minimum Gasteiger partial charge on any atom is -0.508 e. The first-order valence-electron chi connectivity index (χ1n) is 21.0. The van der Waals surface area contributed by atoms with E-state index in [1.165, 1.54) is 42.3 Å². The lowest BCUT2D eigenvalue weighted by molar-refractivity contribution is -0.156. The second-order valence-corrected chi connectivity index (χ2v) is 16.1. The minimum absolute atomic E-state index is 0.0351. The van der Waals surface area contributed by atoms with E-state index >= 15 is 0 Å². The molecular weight excluding hydrogens is 797 g/mol. The van der Waals surface area contributed by atoms with Crippen LogP contribution in [0.15, 0.2) is 103 Å². The van der Waals surface area contributed by atoms with Crippen molar-refractivity contribution in [1.29, 1.82) is 0 Å². The van der Waals surface area contributed by atoms with Gasteiger partial charge in [-0.05, 0) is 74.4 Å². The zero-order chi connectivity index (χ0) is 45.3. The lowest BCUT2D eigenvalue weighted by atomic mass is 9.84. The normalized spacial score (nSPS) is 27.3. The molecule has 2 heterocycles. The first-order valence-corrected chi connectivity index (χ1v) is 21.0. The summed E-state index contributed by atoms with van der Waals surface area (Å²) >= 11 is 0. The number of amides is 3. The number of phenolic OH excluding ortho intramolecular Hbond substituents is 1. The number of fused-ring (bicyclic) bond motifs is 2. The average Bonchev–Trinajstić information content (AvgIpc) is 3.23. The Morgan fingerprint density at radius 3 is 2.42 bits per heavy atom. The third kappa shape index (κ3) is 14.9. The number of benzene rings is 2. The summed E-state index contributed by atoms with van der Waals surface area (Å²) in [7, 11) is 0. The van der Waals surface area contributed by atoms with E-state index in [-0.39, 0.29) is 43.8 Å². The number of ketones is 1. The van der Waals surface area contributed by atoms with Gasteiger partial charge in [-0.1, -0.05) is 87.6 Å².